The zero-order valence-electron chi connectivity index (χ0n) is 14.3. The van der Waals surface area contributed by atoms with Crippen LogP contribution in [0.5, 0.6) is 0 Å². The van der Waals surface area contributed by atoms with E-state index in [0.29, 0.717) is 38.0 Å². The minimum atomic E-state index is 0.0549. The average molecular weight is 406 g/mol. The van der Waals surface area contributed by atoms with Crippen LogP contribution in [-0.4, -0.2) is 48.1 Å². The molecule has 2 aromatic rings. The van der Waals surface area contributed by atoms with Gasteiger partial charge in [0.2, 0.25) is 0 Å². The third kappa shape index (κ3) is 3.70. The Morgan fingerprint density at radius 2 is 1.92 bits per heavy atom. The Labute approximate surface area is 156 Å². The molecule has 2 heterocycles. The highest BCUT2D eigenvalue weighted by atomic mass is 79.9. The Kier molecular flexibility index (Phi) is 4.99. The number of carbonyl (C=O) groups excluding carboxylic acids is 1. The van der Waals surface area contributed by atoms with Crippen molar-refractivity contribution in [2.75, 3.05) is 31.6 Å². The van der Waals surface area contributed by atoms with E-state index < -0.39 is 0 Å². The van der Waals surface area contributed by atoms with Gasteiger partial charge in [0.1, 0.15) is 5.69 Å². The Bertz CT molecular complexity index is 761. The largest absolute Gasteiger partial charge is 0.381 e. The van der Waals surface area contributed by atoms with Gasteiger partial charge in [-0.25, -0.2) is 0 Å². The molecule has 0 radical (unpaired) electrons. The second-order valence-corrected chi connectivity index (χ2v) is 7.90. The number of aromatic nitrogens is 1. The highest BCUT2D eigenvalue weighted by molar-refractivity contribution is 9.10. The highest BCUT2D eigenvalue weighted by Gasteiger charge is 2.21. The molecule has 5 nitrogen and oxygen atoms in total. The number of fused-ring (bicyclic) bond motifs is 1. The number of benzene rings is 1. The van der Waals surface area contributed by atoms with Crippen LogP contribution in [0.4, 0.5) is 5.69 Å². The van der Waals surface area contributed by atoms with Crippen LogP contribution < -0.4 is 5.32 Å². The third-order valence-corrected chi connectivity index (χ3v) is 5.64. The van der Waals surface area contributed by atoms with E-state index in [1.165, 1.54) is 32.1 Å². The summed E-state index contributed by atoms with van der Waals surface area (Å²) in [7, 11) is 0. The molecule has 0 spiro atoms. The summed E-state index contributed by atoms with van der Waals surface area (Å²) in [5.74, 6) is 0.0549. The van der Waals surface area contributed by atoms with Gasteiger partial charge in [0.15, 0.2) is 0 Å². The zero-order valence-corrected chi connectivity index (χ0v) is 15.9. The predicted molar refractivity (Wildman–Crippen MR) is 103 cm³/mol. The zero-order chi connectivity index (χ0) is 17.2. The number of aromatic amines is 1. The smallest absolute Gasteiger partial charge is 0.270 e. The molecule has 1 saturated carbocycles. The van der Waals surface area contributed by atoms with Gasteiger partial charge in [0.25, 0.3) is 5.91 Å². The normalized spacial score (nSPS) is 19.3. The monoisotopic (exact) mass is 405 g/mol. The lowest BCUT2D eigenvalue weighted by molar-refractivity contribution is 0.0299. The fourth-order valence-electron chi connectivity index (χ4n) is 3.84. The molecule has 1 saturated heterocycles. The molecule has 4 rings (SSSR count). The highest BCUT2D eigenvalue weighted by Crippen LogP contribution is 2.31. The number of carbonyl (C=O) groups is 1. The van der Waals surface area contributed by atoms with Crippen LogP contribution >= 0.6 is 15.9 Å². The van der Waals surface area contributed by atoms with Gasteiger partial charge in [0.05, 0.1) is 24.4 Å². The maximum absolute atomic E-state index is 12.8. The first kappa shape index (κ1) is 16.9. The number of nitrogens with one attached hydrogen (secondary N) is 2. The Morgan fingerprint density at radius 1 is 1.16 bits per heavy atom. The molecule has 1 aromatic heterocycles. The van der Waals surface area contributed by atoms with E-state index in [1.807, 2.05) is 11.0 Å². The van der Waals surface area contributed by atoms with E-state index >= 15 is 0 Å². The number of hydrogen-bond acceptors (Lipinski definition) is 3. The number of nitrogens with zero attached hydrogens (tertiary/aromatic N) is 1. The van der Waals surface area contributed by atoms with Crippen LogP contribution in [0.1, 0.15) is 42.6 Å². The number of ether oxygens (including phenoxy) is 1. The molecule has 1 amide bonds. The van der Waals surface area contributed by atoms with Gasteiger partial charge in [-0.05, 0) is 31.0 Å². The molecule has 2 fully saturated rings. The molecule has 1 aliphatic heterocycles. The van der Waals surface area contributed by atoms with Crippen molar-refractivity contribution in [1.82, 2.24) is 9.88 Å². The number of amides is 1. The number of morpholine rings is 1. The molecule has 2 aliphatic rings. The molecule has 6 heteroatoms. The van der Waals surface area contributed by atoms with Crippen LogP contribution in [0.3, 0.4) is 0 Å². The molecule has 1 aromatic carbocycles. The van der Waals surface area contributed by atoms with Crippen molar-refractivity contribution in [2.24, 2.45) is 0 Å². The Hall–Kier alpha value is -1.53. The molecule has 0 atom stereocenters. The van der Waals surface area contributed by atoms with Crippen molar-refractivity contribution in [3.63, 3.8) is 0 Å². The SMILES string of the molecule is O=C(c1cc2cc(Br)cc(NC3CCCCC3)c2[nH]1)N1CCOCC1. The molecule has 1 aliphatic carbocycles. The van der Waals surface area contributed by atoms with Crippen LogP contribution in [0.2, 0.25) is 0 Å². The second-order valence-electron chi connectivity index (χ2n) is 6.98. The van der Waals surface area contributed by atoms with Gasteiger partial charge in [-0.2, -0.15) is 0 Å². The standard InChI is InChI=1S/C19H24BrN3O2/c20-14-10-13-11-17(19(24)23-6-8-25-9-7-23)22-18(13)16(12-14)21-15-4-2-1-3-5-15/h10-12,15,21-22H,1-9H2. The van der Waals surface area contributed by atoms with Crippen LogP contribution in [0.25, 0.3) is 10.9 Å². The van der Waals surface area contributed by atoms with Crippen molar-refractivity contribution in [3.05, 3.63) is 28.4 Å². The number of H-pyrrole nitrogens is 1. The van der Waals surface area contributed by atoms with Crippen LogP contribution in [0, 0.1) is 0 Å². The van der Waals surface area contributed by atoms with Gasteiger partial charge in [-0.1, -0.05) is 35.2 Å². The first-order chi connectivity index (χ1) is 12.2. The molecule has 0 bridgehead atoms. The number of anilines is 1. The topological polar surface area (TPSA) is 57.4 Å². The fraction of sp³-hybridized carbons (Fsp3) is 0.526. The lowest BCUT2D eigenvalue weighted by atomic mass is 9.95. The van der Waals surface area contributed by atoms with Crippen LogP contribution in [0.15, 0.2) is 22.7 Å². The number of hydrogen-bond donors (Lipinski definition) is 2. The summed E-state index contributed by atoms with van der Waals surface area (Å²) in [6.45, 7) is 2.55. The predicted octanol–water partition coefficient (Wildman–Crippen LogP) is 4.15. The molecule has 2 N–H and O–H groups in total. The van der Waals surface area contributed by atoms with Gasteiger partial charge in [0, 0.05) is 29.0 Å². The molecule has 25 heavy (non-hydrogen) atoms. The minimum Gasteiger partial charge on any atom is -0.381 e. The van der Waals surface area contributed by atoms with E-state index in [0.717, 1.165) is 21.1 Å². The van der Waals surface area contributed by atoms with Gasteiger partial charge < -0.3 is 19.9 Å². The van der Waals surface area contributed by atoms with Crippen LogP contribution in [-0.2, 0) is 4.74 Å². The van der Waals surface area contributed by atoms with Crippen molar-refractivity contribution >= 4 is 38.4 Å². The molecular weight excluding hydrogens is 382 g/mol. The van der Waals surface area contributed by atoms with E-state index in [4.69, 9.17) is 4.74 Å². The first-order valence-corrected chi connectivity index (χ1v) is 9.96. The number of halogens is 1. The third-order valence-electron chi connectivity index (χ3n) is 5.19. The van der Waals surface area contributed by atoms with Gasteiger partial charge >= 0.3 is 0 Å². The van der Waals surface area contributed by atoms with Crippen molar-refractivity contribution in [2.45, 2.75) is 38.1 Å². The Morgan fingerprint density at radius 3 is 2.68 bits per heavy atom. The van der Waals surface area contributed by atoms with Gasteiger partial charge in [-0.3, -0.25) is 4.79 Å². The molecule has 0 unspecified atom stereocenters. The lowest BCUT2D eigenvalue weighted by Gasteiger charge is -2.26. The maximum atomic E-state index is 12.8. The summed E-state index contributed by atoms with van der Waals surface area (Å²) in [4.78, 5) is 18.0. The van der Waals surface area contributed by atoms with Crippen molar-refractivity contribution in [3.8, 4) is 0 Å². The quantitative estimate of drug-likeness (QED) is 0.806. The molecular formula is C19H24BrN3O2. The summed E-state index contributed by atoms with van der Waals surface area (Å²) in [6.07, 6.45) is 6.36. The van der Waals surface area contributed by atoms with Gasteiger partial charge in [-0.15, -0.1) is 0 Å². The summed E-state index contributed by atoms with van der Waals surface area (Å²) >= 11 is 3.61. The first-order valence-electron chi connectivity index (χ1n) is 9.16. The van der Waals surface area contributed by atoms with E-state index in [2.05, 4.69) is 38.4 Å². The Balaban J connectivity index is 1.62. The summed E-state index contributed by atoms with van der Waals surface area (Å²) in [5, 5.41) is 4.75. The summed E-state index contributed by atoms with van der Waals surface area (Å²) in [5.41, 5.74) is 2.75. The van der Waals surface area contributed by atoms with E-state index in [1.54, 1.807) is 0 Å². The second kappa shape index (κ2) is 7.38. The van der Waals surface area contributed by atoms with E-state index in [9.17, 15) is 4.79 Å². The fourth-order valence-corrected chi connectivity index (χ4v) is 4.32. The number of rotatable bonds is 3. The van der Waals surface area contributed by atoms with E-state index in [-0.39, 0.29) is 5.91 Å². The summed E-state index contributed by atoms with van der Waals surface area (Å²) < 4.78 is 6.37. The maximum Gasteiger partial charge on any atom is 0.270 e. The minimum absolute atomic E-state index is 0.0549. The average Bonchev–Trinajstić information content (AvgIpc) is 3.07. The lowest BCUT2D eigenvalue weighted by Crippen LogP contribution is -2.40. The van der Waals surface area contributed by atoms with Crippen molar-refractivity contribution in [1.29, 1.82) is 0 Å². The molecule has 134 valence electrons. The van der Waals surface area contributed by atoms with Crippen molar-refractivity contribution < 1.29 is 9.53 Å². The summed E-state index contributed by atoms with van der Waals surface area (Å²) in [6, 6.07) is 6.65.